The summed E-state index contributed by atoms with van der Waals surface area (Å²) in [6.45, 7) is 5.95. The fourth-order valence-corrected chi connectivity index (χ4v) is 2.55. The van der Waals surface area contributed by atoms with Crippen LogP contribution in [0.3, 0.4) is 0 Å². The molecule has 3 heteroatoms. The molecular weight excluding hydrogens is 252 g/mol. The Balaban J connectivity index is 3.04. The molecule has 0 bridgehead atoms. The van der Waals surface area contributed by atoms with Crippen LogP contribution in [0, 0.1) is 6.92 Å². The number of unbranched alkanes of at least 4 members (excludes halogenated alkanes) is 4. The van der Waals surface area contributed by atoms with E-state index in [4.69, 9.17) is 0 Å². The first-order chi connectivity index (χ1) is 9.54. The number of aromatic hydroxyl groups is 3. The maximum Gasteiger partial charge on any atom is 0.129 e. The maximum absolute atomic E-state index is 10.4. The van der Waals surface area contributed by atoms with E-state index in [1.165, 1.54) is 0 Å². The van der Waals surface area contributed by atoms with E-state index in [0.717, 1.165) is 38.5 Å². The molecule has 0 unspecified atom stereocenters. The van der Waals surface area contributed by atoms with E-state index < -0.39 is 0 Å². The Kier molecular flexibility index (Phi) is 6.69. The van der Waals surface area contributed by atoms with Crippen LogP contribution in [0.4, 0.5) is 0 Å². The smallest absolute Gasteiger partial charge is 0.129 e. The third-order valence-electron chi connectivity index (χ3n) is 3.91. The van der Waals surface area contributed by atoms with E-state index in [-0.39, 0.29) is 17.2 Å². The lowest BCUT2D eigenvalue weighted by atomic mass is 9.94. The zero-order valence-electron chi connectivity index (χ0n) is 13.0. The zero-order chi connectivity index (χ0) is 15.1. The molecule has 0 saturated heterocycles. The van der Waals surface area contributed by atoms with Crippen molar-refractivity contribution in [1.82, 2.24) is 0 Å². The zero-order valence-corrected chi connectivity index (χ0v) is 13.0. The van der Waals surface area contributed by atoms with E-state index in [1.54, 1.807) is 6.92 Å². The topological polar surface area (TPSA) is 60.7 Å². The highest BCUT2D eigenvalue weighted by Crippen LogP contribution is 2.42. The van der Waals surface area contributed by atoms with Crippen molar-refractivity contribution in [3.8, 4) is 17.2 Å². The molecule has 0 aliphatic heterocycles. The standard InChI is InChI=1S/C17H28O3/c1-4-6-8-10-13-15(18)12(3)16(19)14(17(13)20)11-9-7-5-2/h18-20H,4-11H2,1-3H3. The fourth-order valence-electron chi connectivity index (χ4n) is 2.55. The van der Waals surface area contributed by atoms with Crippen LogP contribution in [0.25, 0.3) is 0 Å². The summed E-state index contributed by atoms with van der Waals surface area (Å²) >= 11 is 0. The van der Waals surface area contributed by atoms with Gasteiger partial charge in [0.2, 0.25) is 0 Å². The van der Waals surface area contributed by atoms with E-state index in [1.807, 2.05) is 0 Å². The van der Waals surface area contributed by atoms with Crippen LogP contribution in [0.2, 0.25) is 0 Å². The van der Waals surface area contributed by atoms with Crippen molar-refractivity contribution in [3.63, 3.8) is 0 Å². The minimum atomic E-state index is 0.0512. The summed E-state index contributed by atoms with van der Waals surface area (Å²) in [7, 11) is 0. The number of phenols is 3. The van der Waals surface area contributed by atoms with Gasteiger partial charge in [-0.1, -0.05) is 39.5 Å². The first-order valence-electron chi connectivity index (χ1n) is 7.79. The maximum atomic E-state index is 10.4. The minimum Gasteiger partial charge on any atom is -0.507 e. The van der Waals surface area contributed by atoms with Gasteiger partial charge in [-0.2, -0.15) is 0 Å². The predicted molar refractivity (Wildman–Crippen MR) is 82.6 cm³/mol. The molecule has 1 aromatic carbocycles. The van der Waals surface area contributed by atoms with Gasteiger partial charge in [-0.05, 0) is 32.6 Å². The second-order valence-electron chi connectivity index (χ2n) is 5.54. The van der Waals surface area contributed by atoms with Crippen LogP contribution in [0.5, 0.6) is 17.2 Å². The summed E-state index contributed by atoms with van der Waals surface area (Å²) in [6, 6.07) is 0. The van der Waals surface area contributed by atoms with Crippen LogP contribution in [0.1, 0.15) is 69.1 Å². The first-order valence-corrected chi connectivity index (χ1v) is 7.79. The first kappa shape index (κ1) is 16.7. The molecule has 0 aliphatic rings. The molecule has 0 atom stereocenters. The Morgan fingerprint density at radius 3 is 1.40 bits per heavy atom. The quantitative estimate of drug-likeness (QED) is 0.611. The molecule has 3 N–H and O–H groups in total. The molecule has 0 saturated carbocycles. The molecule has 3 nitrogen and oxygen atoms in total. The Bertz CT molecular complexity index is 401. The van der Waals surface area contributed by atoms with Gasteiger partial charge in [-0.15, -0.1) is 0 Å². The van der Waals surface area contributed by atoms with Crippen LogP contribution in [-0.2, 0) is 12.8 Å². The fraction of sp³-hybridized carbons (Fsp3) is 0.647. The van der Waals surface area contributed by atoms with Crippen molar-refractivity contribution in [2.45, 2.75) is 72.1 Å². The van der Waals surface area contributed by atoms with Gasteiger partial charge in [0, 0.05) is 16.7 Å². The highest BCUT2D eigenvalue weighted by molar-refractivity contribution is 5.60. The largest absolute Gasteiger partial charge is 0.507 e. The van der Waals surface area contributed by atoms with Gasteiger partial charge in [-0.3, -0.25) is 0 Å². The van der Waals surface area contributed by atoms with Crippen LogP contribution in [-0.4, -0.2) is 15.3 Å². The number of phenolic OH excluding ortho intramolecular Hbond substituents is 3. The Morgan fingerprint density at radius 1 is 0.650 bits per heavy atom. The van der Waals surface area contributed by atoms with E-state index in [2.05, 4.69) is 13.8 Å². The van der Waals surface area contributed by atoms with E-state index in [0.29, 0.717) is 29.5 Å². The second-order valence-corrected chi connectivity index (χ2v) is 5.54. The lowest BCUT2D eigenvalue weighted by Crippen LogP contribution is -1.97. The number of rotatable bonds is 8. The van der Waals surface area contributed by atoms with Gasteiger partial charge in [0.15, 0.2) is 0 Å². The highest BCUT2D eigenvalue weighted by atomic mass is 16.3. The molecular formula is C17H28O3. The summed E-state index contributed by atoms with van der Waals surface area (Å²) in [5.41, 5.74) is 1.68. The summed E-state index contributed by atoms with van der Waals surface area (Å²) in [5, 5.41) is 30.6. The van der Waals surface area contributed by atoms with Crippen molar-refractivity contribution in [3.05, 3.63) is 16.7 Å². The molecule has 0 aliphatic carbocycles. The van der Waals surface area contributed by atoms with Gasteiger partial charge in [-0.25, -0.2) is 0 Å². The monoisotopic (exact) mass is 280 g/mol. The summed E-state index contributed by atoms with van der Waals surface area (Å²) < 4.78 is 0. The van der Waals surface area contributed by atoms with Crippen LogP contribution < -0.4 is 0 Å². The average molecular weight is 280 g/mol. The van der Waals surface area contributed by atoms with Gasteiger partial charge in [0.1, 0.15) is 17.2 Å². The second kappa shape index (κ2) is 8.03. The van der Waals surface area contributed by atoms with E-state index >= 15 is 0 Å². The van der Waals surface area contributed by atoms with Gasteiger partial charge in [0.05, 0.1) is 0 Å². The number of benzene rings is 1. The van der Waals surface area contributed by atoms with Gasteiger partial charge >= 0.3 is 0 Å². The molecule has 1 rings (SSSR count). The molecule has 0 amide bonds. The minimum absolute atomic E-state index is 0.0512. The van der Waals surface area contributed by atoms with Crippen molar-refractivity contribution in [2.24, 2.45) is 0 Å². The SMILES string of the molecule is CCCCCc1c(O)c(C)c(O)c(CCCCC)c1O. The van der Waals surface area contributed by atoms with Gasteiger partial charge < -0.3 is 15.3 Å². The third-order valence-corrected chi connectivity index (χ3v) is 3.91. The lowest BCUT2D eigenvalue weighted by Gasteiger charge is -2.16. The number of hydrogen-bond acceptors (Lipinski definition) is 3. The average Bonchev–Trinajstić information content (AvgIpc) is 2.44. The summed E-state index contributed by atoms with van der Waals surface area (Å²) in [6.07, 6.45) is 7.55. The van der Waals surface area contributed by atoms with Crippen molar-refractivity contribution < 1.29 is 15.3 Å². The summed E-state index contributed by atoms with van der Waals surface area (Å²) in [5.74, 6) is 0.198. The molecule has 0 spiro atoms. The Labute approximate surface area is 122 Å². The highest BCUT2D eigenvalue weighted by Gasteiger charge is 2.20. The van der Waals surface area contributed by atoms with Gasteiger partial charge in [0.25, 0.3) is 0 Å². The molecule has 0 heterocycles. The van der Waals surface area contributed by atoms with Crippen molar-refractivity contribution >= 4 is 0 Å². The van der Waals surface area contributed by atoms with Crippen LogP contribution in [0.15, 0.2) is 0 Å². The Morgan fingerprint density at radius 2 is 1.05 bits per heavy atom. The van der Waals surface area contributed by atoms with Crippen molar-refractivity contribution in [1.29, 1.82) is 0 Å². The molecule has 20 heavy (non-hydrogen) atoms. The van der Waals surface area contributed by atoms with E-state index in [9.17, 15) is 15.3 Å². The molecule has 114 valence electrons. The number of hydrogen-bond donors (Lipinski definition) is 3. The third kappa shape index (κ3) is 3.81. The molecule has 0 fully saturated rings. The Hall–Kier alpha value is -1.38. The molecule has 1 aromatic rings. The van der Waals surface area contributed by atoms with Crippen LogP contribution >= 0.6 is 0 Å². The normalized spacial score (nSPS) is 10.9. The molecule has 0 radical (unpaired) electrons. The predicted octanol–water partition coefficient (Wildman–Crippen LogP) is 4.58. The van der Waals surface area contributed by atoms with Crippen molar-refractivity contribution in [2.75, 3.05) is 0 Å². The molecule has 0 aromatic heterocycles. The summed E-state index contributed by atoms with van der Waals surface area (Å²) in [4.78, 5) is 0. The lowest BCUT2D eigenvalue weighted by molar-refractivity contribution is 0.403.